The summed E-state index contributed by atoms with van der Waals surface area (Å²) in [6, 6.07) is 25.7. The monoisotopic (exact) mass is 666 g/mol. The zero-order valence-electron chi connectivity index (χ0n) is 28.2. The molecule has 0 spiro atoms. The Morgan fingerprint density at radius 1 is 0.796 bits per heavy atom. The van der Waals surface area contributed by atoms with Crippen molar-refractivity contribution in [3.63, 3.8) is 0 Å². The van der Waals surface area contributed by atoms with E-state index in [1.807, 2.05) is 86.6 Å². The lowest BCUT2D eigenvalue weighted by molar-refractivity contribution is -0.124. The van der Waals surface area contributed by atoms with Gasteiger partial charge in [-0.15, -0.1) is 0 Å². The molecule has 11 heteroatoms. The van der Waals surface area contributed by atoms with Crippen molar-refractivity contribution in [3.05, 3.63) is 132 Å². The summed E-state index contributed by atoms with van der Waals surface area (Å²) in [5, 5.41) is 20.5. The van der Waals surface area contributed by atoms with Gasteiger partial charge in [0.05, 0.1) is 24.4 Å². The molecule has 4 N–H and O–H groups in total. The summed E-state index contributed by atoms with van der Waals surface area (Å²) < 4.78 is 5.44. The molecule has 0 saturated heterocycles. The van der Waals surface area contributed by atoms with Crippen LogP contribution in [-0.4, -0.2) is 69.3 Å². The second kappa shape index (κ2) is 18.9. The summed E-state index contributed by atoms with van der Waals surface area (Å²) in [5.74, 6) is -0.595. The fourth-order valence-electron chi connectivity index (χ4n) is 5.40. The van der Waals surface area contributed by atoms with Crippen LogP contribution in [-0.2, 0) is 35.5 Å². The second-order valence-electron chi connectivity index (χ2n) is 12.4. The Kier molecular flexibility index (Phi) is 14.1. The van der Waals surface area contributed by atoms with Crippen LogP contribution in [0, 0.1) is 5.92 Å². The number of hydrogen-bond donors (Lipinski definition) is 4. The van der Waals surface area contributed by atoms with Crippen LogP contribution in [0.1, 0.15) is 42.7 Å². The minimum atomic E-state index is -1.06. The summed E-state index contributed by atoms with van der Waals surface area (Å²) in [7, 11) is 1.65. The highest BCUT2D eigenvalue weighted by molar-refractivity contribution is 5.87. The first-order valence-electron chi connectivity index (χ1n) is 16.5. The van der Waals surface area contributed by atoms with Crippen LogP contribution in [0.4, 0.5) is 9.59 Å². The molecule has 0 radical (unpaired) electrons. The number of alkyl carbamates (subject to hydrolysis) is 1. The molecule has 2 heterocycles. The summed E-state index contributed by atoms with van der Waals surface area (Å²) in [6.45, 7) is 4.03. The first-order chi connectivity index (χ1) is 23.7. The molecule has 49 heavy (non-hydrogen) atoms. The summed E-state index contributed by atoms with van der Waals surface area (Å²) in [6.07, 6.45) is 4.07. The molecule has 0 aliphatic carbocycles. The van der Waals surface area contributed by atoms with Crippen molar-refractivity contribution >= 4 is 18.0 Å². The normalized spacial score (nSPS) is 13.4. The molecule has 4 rings (SSSR count). The Bertz CT molecular complexity index is 1580. The molecule has 0 saturated carbocycles. The number of nitrogens with one attached hydrogen (secondary N) is 3. The Morgan fingerprint density at radius 3 is 2.06 bits per heavy atom. The van der Waals surface area contributed by atoms with E-state index in [4.69, 9.17) is 4.74 Å². The third kappa shape index (κ3) is 12.3. The molecule has 4 aromatic rings. The summed E-state index contributed by atoms with van der Waals surface area (Å²) in [4.78, 5) is 49.7. The molecule has 2 aromatic heterocycles. The smallest absolute Gasteiger partial charge is 0.407 e. The van der Waals surface area contributed by atoms with Crippen LogP contribution >= 0.6 is 0 Å². The van der Waals surface area contributed by atoms with E-state index in [0.29, 0.717) is 12.8 Å². The van der Waals surface area contributed by atoms with Crippen LogP contribution in [0.25, 0.3) is 0 Å². The van der Waals surface area contributed by atoms with Crippen LogP contribution in [0.3, 0.4) is 0 Å². The fourth-order valence-corrected chi connectivity index (χ4v) is 5.40. The summed E-state index contributed by atoms with van der Waals surface area (Å²) in [5.41, 5.74) is 3.34. The standard InChI is InChI=1S/C38H46N6O5/c1-27(2)35(43-37(47)44(3)25-31-18-10-11-20-40-31)36(46)41-32(21-28-13-6-4-7-14-28)23-34(45)33(22-29-15-8-5-9-16-29)42-38(48)49-26-30-17-12-19-39-24-30/h4-20,24,27,32-35,45H,21-23,25-26H2,1-3H3,(H,41,46)(H,42,48)(H,43,47)/t32-,33-,34-,35?/m0/s1. The number of ether oxygens (including phenoxy) is 1. The van der Waals surface area contributed by atoms with Crippen LogP contribution in [0.5, 0.6) is 0 Å². The van der Waals surface area contributed by atoms with E-state index in [-0.39, 0.29) is 31.4 Å². The van der Waals surface area contributed by atoms with Crippen molar-refractivity contribution in [1.82, 2.24) is 30.8 Å². The number of amides is 4. The fraction of sp³-hybridized carbons (Fsp3) is 0.342. The number of urea groups is 1. The summed E-state index contributed by atoms with van der Waals surface area (Å²) >= 11 is 0. The SMILES string of the molecule is CC(C)C(NC(=O)N(C)Cc1ccccn1)C(=O)N[C@@H](Cc1ccccc1)C[C@H](O)[C@H](Cc1ccccc1)NC(=O)OCc1cccnc1. The topological polar surface area (TPSA) is 146 Å². The molecule has 2 aromatic carbocycles. The number of aliphatic hydroxyl groups is 1. The number of aromatic nitrogens is 2. The minimum Gasteiger partial charge on any atom is -0.445 e. The van der Waals surface area contributed by atoms with Crippen molar-refractivity contribution < 1.29 is 24.2 Å². The van der Waals surface area contributed by atoms with E-state index in [9.17, 15) is 19.5 Å². The maximum absolute atomic E-state index is 13.8. The van der Waals surface area contributed by atoms with Crippen molar-refractivity contribution in [2.75, 3.05) is 7.05 Å². The average Bonchev–Trinajstić information content (AvgIpc) is 3.10. The van der Waals surface area contributed by atoms with Gasteiger partial charge in [-0.25, -0.2) is 9.59 Å². The number of rotatable bonds is 16. The largest absolute Gasteiger partial charge is 0.445 e. The van der Waals surface area contributed by atoms with Gasteiger partial charge in [0.2, 0.25) is 5.91 Å². The Balaban J connectivity index is 1.47. The molecule has 0 aliphatic heterocycles. The van der Waals surface area contributed by atoms with Gasteiger partial charge in [-0.2, -0.15) is 0 Å². The molecule has 0 fully saturated rings. The Labute approximate surface area is 288 Å². The van der Waals surface area contributed by atoms with Crippen molar-refractivity contribution in [2.24, 2.45) is 5.92 Å². The predicted molar refractivity (Wildman–Crippen MR) is 187 cm³/mol. The van der Waals surface area contributed by atoms with E-state index in [1.54, 1.807) is 43.8 Å². The van der Waals surface area contributed by atoms with Crippen LogP contribution in [0.15, 0.2) is 110 Å². The van der Waals surface area contributed by atoms with Crippen molar-refractivity contribution in [1.29, 1.82) is 0 Å². The number of pyridine rings is 2. The van der Waals surface area contributed by atoms with Crippen LogP contribution in [0.2, 0.25) is 0 Å². The number of carbonyl (C=O) groups excluding carboxylic acids is 3. The third-order valence-electron chi connectivity index (χ3n) is 8.06. The molecule has 258 valence electrons. The molecule has 11 nitrogen and oxygen atoms in total. The lowest BCUT2D eigenvalue weighted by atomic mass is 9.93. The number of benzene rings is 2. The zero-order chi connectivity index (χ0) is 35.0. The van der Waals surface area contributed by atoms with E-state index in [1.165, 1.54) is 4.90 Å². The quantitative estimate of drug-likeness (QED) is 0.136. The van der Waals surface area contributed by atoms with Crippen LogP contribution < -0.4 is 16.0 Å². The zero-order valence-corrected chi connectivity index (χ0v) is 28.2. The lowest BCUT2D eigenvalue weighted by Crippen LogP contribution is -2.55. The highest BCUT2D eigenvalue weighted by atomic mass is 16.5. The third-order valence-corrected chi connectivity index (χ3v) is 8.06. The Hall–Kier alpha value is -5.29. The molecule has 4 atom stereocenters. The first kappa shape index (κ1) is 36.5. The van der Waals surface area contributed by atoms with E-state index < -0.39 is 36.4 Å². The Morgan fingerprint density at radius 2 is 1.45 bits per heavy atom. The van der Waals surface area contributed by atoms with Gasteiger partial charge in [-0.3, -0.25) is 14.8 Å². The van der Waals surface area contributed by atoms with Gasteiger partial charge < -0.3 is 30.7 Å². The second-order valence-corrected chi connectivity index (χ2v) is 12.4. The average molecular weight is 667 g/mol. The molecule has 4 amide bonds. The van der Waals surface area contributed by atoms with Crippen molar-refractivity contribution in [2.45, 2.75) is 70.5 Å². The minimum absolute atomic E-state index is 0.0277. The van der Waals surface area contributed by atoms with Gasteiger partial charge in [-0.05, 0) is 54.5 Å². The van der Waals surface area contributed by atoms with E-state index >= 15 is 0 Å². The first-order valence-corrected chi connectivity index (χ1v) is 16.5. The van der Waals surface area contributed by atoms with E-state index in [0.717, 1.165) is 22.4 Å². The number of aliphatic hydroxyl groups excluding tert-OH is 1. The number of carbonyl (C=O) groups is 3. The molecule has 0 aliphatic rings. The number of hydrogen-bond acceptors (Lipinski definition) is 7. The van der Waals surface area contributed by atoms with Gasteiger partial charge in [0.25, 0.3) is 0 Å². The highest BCUT2D eigenvalue weighted by Crippen LogP contribution is 2.16. The maximum Gasteiger partial charge on any atom is 0.407 e. The molecular weight excluding hydrogens is 620 g/mol. The van der Waals surface area contributed by atoms with Gasteiger partial charge in [-0.1, -0.05) is 86.6 Å². The molecule has 1 unspecified atom stereocenters. The van der Waals surface area contributed by atoms with Gasteiger partial charge >= 0.3 is 12.1 Å². The number of nitrogens with zero attached hydrogens (tertiary/aromatic N) is 3. The maximum atomic E-state index is 13.8. The van der Waals surface area contributed by atoms with Gasteiger partial charge in [0.1, 0.15) is 12.6 Å². The van der Waals surface area contributed by atoms with Gasteiger partial charge in [0.15, 0.2) is 0 Å². The van der Waals surface area contributed by atoms with E-state index in [2.05, 4.69) is 25.9 Å². The highest BCUT2D eigenvalue weighted by Gasteiger charge is 2.31. The molecule has 0 bridgehead atoms. The van der Waals surface area contributed by atoms with Gasteiger partial charge in [0, 0.05) is 37.2 Å². The lowest BCUT2D eigenvalue weighted by Gasteiger charge is -2.30. The molecular formula is C38H46N6O5. The van der Waals surface area contributed by atoms with Crippen molar-refractivity contribution in [3.8, 4) is 0 Å². The predicted octanol–water partition coefficient (Wildman–Crippen LogP) is 4.66.